The maximum Gasteiger partial charge on any atom is 0.128 e. The molecule has 3 heteroatoms. The lowest BCUT2D eigenvalue weighted by Gasteiger charge is -2.21. The first-order valence-electron chi connectivity index (χ1n) is 6.50. The Morgan fingerprint density at radius 1 is 1.05 bits per heavy atom. The summed E-state index contributed by atoms with van der Waals surface area (Å²) in [5.41, 5.74) is 2.47. The third-order valence-corrected chi connectivity index (χ3v) is 3.77. The van der Waals surface area contributed by atoms with E-state index in [0.29, 0.717) is 5.75 Å². The molecule has 0 bridgehead atoms. The molecule has 0 saturated heterocycles. The molecular formula is C17H18INO. The van der Waals surface area contributed by atoms with E-state index in [1.165, 1.54) is 3.57 Å². The Morgan fingerprint density at radius 3 is 2.30 bits per heavy atom. The zero-order valence-corrected chi connectivity index (χ0v) is 14.0. The molecule has 2 nitrogen and oxygen atoms in total. The third kappa shape index (κ3) is 3.60. The van der Waals surface area contributed by atoms with E-state index < -0.39 is 0 Å². The Morgan fingerprint density at radius 2 is 1.70 bits per heavy atom. The van der Waals surface area contributed by atoms with E-state index in [2.05, 4.69) is 48.4 Å². The summed E-state index contributed by atoms with van der Waals surface area (Å²) in [4.78, 5) is 4.41. The van der Waals surface area contributed by atoms with Crippen molar-refractivity contribution in [3.05, 3.63) is 57.2 Å². The van der Waals surface area contributed by atoms with Crippen molar-refractivity contribution >= 4 is 34.5 Å². The average Bonchev–Trinajstić information content (AvgIpc) is 2.38. The molecule has 0 aromatic heterocycles. The molecule has 0 fully saturated rings. The average molecular weight is 379 g/mol. The lowest BCUT2D eigenvalue weighted by Crippen LogP contribution is -2.11. The summed E-state index contributed by atoms with van der Waals surface area (Å²) >= 11 is 2.26. The lowest BCUT2D eigenvalue weighted by atomic mass is 9.85. The number of benzene rings is 2. The summed E-state index contributed by atoms with van der Waals surface area (Å²) < 4.78 is 1.18. The van der Waals surface area contributed by atoms with Crippen molar-refractivity contribution in [2.75, 3.05) is 0 Å². The van der Waals surface area contributed by atoms with Crippen LogP contribution in [0.5, 0.6) is 5.75 Å². The van der Waals surface area contributed by atoms with Gasteiger partial charge in [-0.25, -0.2) is 0 Å². The third-order valence-electron chi connectivity index (χ3n) is 3.05. The summed E-state index contributed by atoms with van der Waals surface area (Å²) in [6.45, 7) is 6.26. The minimum atomic E-state index is -0.0865. The topological polar surface area (TPSA) is 32.6 Å². The van der Waals surface area contributed by atoms with Gasteiger partial charge in [0.25, 0.3) is 0 Å². The predicted octanol–water partition coefficient (Wildman–Crippen LogP) is 5.04. The molecule has 0 saturated carbocycles. The van der Waals surface area contributed by atoms with Gasteiger partial charge in [0.15, 0.2) is 0 Å². The molecule has 2 aromatic carbocycles. The highest BCUT2D eigenvalue weighted by Crippen LogP contribution is 2.32. The van der Waals surface area contributed by atoms with Gasteiger partial charge in [0, 0.05) is 15.3 Å². The molecular weight excluding hydrogens is 361 g/mol. The number of rotatable bonds is 2. The number of nitrogens with zero attached hydrogens (tertiary/aromatic N) is 1. The van der Waals surface area contributed by atoms with Gasteiger partial charge in [-0.1, -0.05) is 32.9 Å². The fraction of sp³-hybridized carbons (Fsp3) is 0.235. The fourth-order valence-electron chi connectivity index (χ4n) is 1.94. The molecule has 0 amide bonds. The number of para-hydroxylation sites is 1. The first-order valence-corrected chi connectivity index (χ1v) is 7.58. The van der Waals surface area contributed by atoms with E-state index in [9.17, 15) is 5.11 Å². The Bertz CT molecular complexity index is 624. The molecule has 0 atom stereocenters. The number of aromatic hydroxyl groups is 1. The van der Waals surface area contributed by atoms with E-state index in [1.54, 1.807) is 6.21 Å². The molecule has 104 valence electrons. The van der Waals surface area contributed by atoms with Crippen LogP contribution < -0.4 is 0 Å². The standard InChI is InChI=1S/C17H18INO/c1-17(2,3)15-6-4-5-12(16(15)20)11-19-14-9-7-13(18)8-10-14/h4-11,20H,1-3H3. The fourth-order valence-corrected chi connectivity index (χ4v) is 2.30. The molecule has 2 rings (SSSR count). The molecule has 2 aromatic rings. The van der Waals surface area contributed by atoms with Crippen molar-refractivity contribution in [1.82, 2.24) is 0 Å². The van der Waals surface area contributed by atoms with Crippen LogP contribution in [0.4, 0.5) is 5.69 Å². The number of phenolic OH excluding ortho intramolecular Hbond substituents is 1. The van der Waals surface area contributed by atoms with Crippen LogP contribution in [0.25, 0.3) is 0 Å². The molecule has 0 radical (unpaired) electrons. The quantitative estimate of drug-likeness (QED) is 0.575. The maximum absolute atomic E-state index is 10.4. The lowest BCUT2D eigenvalue weighted by molar-refractivity contribution is 0.446. The maximum atomic E-state index is 10.4. The Kier molecular flexibility index (Phi) is 4.48. The van der Waals surface area contributed by atoms with E-state index in [4.69, 9.17) is 0 Å². The van der Waals surface area contributed by atoms with Gasteiger partial charge in [0.05, 0.1) is 5.69 Å². The van der Waals surface area contributed by atoms with Crippen molar-refractivity contribution in [2.24, 2.45) is 4.99 Å². The summed E-state index contributed by atoms with van der Waals surface area (Å²) in [6.07, 6.45) is 1.72. The van der Waals surface area contributed by atoms with Gasteiger partial charge in [-0.05, 0) is 63.9 Å². The molecule has 0 aliphatic carbocycles. The van der Waals surface area contributed by atoms with Crippen molar-refractivity contribution in [3.63, 3.8) is 0 Å². The van der Waals surface area contributed by atoms with Crippen molar-refractivity contribution in [3.8, 4) is 5.75 Å². The zero-order valence-electron chi connectivity index (χ0n) is 11.9. The number of halogens is 1. The monoisotopic (exact) mass is 379 g/mol. The van der Waals surface area contributed by atoms with Crippen molar-refractivity contribution < 1.29 is 5.11 Å². The molecule has 0 spiro atoms. The van der Waals surface area contributed by atoms with Crippen LogP contribution in [-0.4, -0.2) is 11.3 Å². The number of aliphatic imine (C=N–C) groups is 1. The second-order valence-corrected chi connectivity index (χ2v) is 6.97. The zero-order chi connectivity index (χ0) is 14.8. The van der Waals surface area contributed by atoms with E-state index in [-0.39, 0.29) is 5.41 Å². The minimum absolute atomic E-state index is 0.0865. The van der Waals surface area contributed by atoms with E-state index in [0.717, 1.165) is 16.8 Å². The van der Waals surface area contributed by atoms with Gasteiger partial charge in [0.2, 0.25) is 0 Å². The summed E-state index contributed by atoms with van der Waals surface area (Å²) in [5, 5.41) is 10.4. The van der Waals surface area contributed by atoms with Crippen LogP contribution in [0.3, 0.4) is 0 Å². The van der Waals surface area contributed by atoms with Gasteiger partial charge < -0.3 is 5.11 Å². The normalized spacial score (nSPS) is 12.0. The van der Waals surface area contributed by atoms with Crippen molar-refractivity contribution in [2.45, 2.75) is 26.2 Å². The Balaban J connectivity index is 2.32. The highest BCUT2D eigenvalue weighted by molar-refractivity contribution is 14.1. The predicted molar refractivity (Wildman–Crippen MR) is 93.2 cm³/mol. The number of phenols is 1. The van der Waals surface area contributed by atoms with Gasteiger partial charge in [-0.3, -0.25) is 4.99 Å². The highest BCUT2D eigenvalue weighted by atomic mass is 127. The second kappa shape index (κ2) is 5.95. The van der Waals surface area contributed by atoms with Gasteiger partial charge >= 0.3 is 0 Å². The van der Waals surface area contributed by atoms with E-state index in [1.807, 2.05) is 42.5 Å². The molecule has 0 heterocycles. The summed E-state index contributed by atoms with van der Waals surface area (Å²) in [5.74, 6) is 0.314. The molecule has 20 heavy (non-hydrogen) atoms. The molecule has 0 aliphatic heterocycles. The summed E-state index contributed by atoms with van der Waals surface area (Å²) in [6, 6.07) is 13.7. The molecule has 1 N–H and O–H groups in total. The first-order chi connectivity index (χ1) is 9.38. The van der Waals surface area contributed by atoms with Gasteiger partial charge in [-0.2, -0.15) is 0 Å². The molecule has 0 unspecified atom stereocenters. The van der Waals surface area contributed by atoms with Crippen LogP contribution >= 0.6 is 22.6 Å². The minimum Gasteiger partial charge on any atom is -0.507 e. The Hall–Kier alpha value is -1.36. The molecule has 0 aliphatic rings. The van der Waals surface area contributed by atoms with Crippen LogP contribution in [0, 0.1) is 3.57 Å². The van der Waals surface area contributed by atoms with Gasteiger partial charge in [0.1, 0.15) is 5.75 Å². The Labute approximate surface area is 133 Å². The van der Waals surface area contributed by atoms with E-state index >= 15 is 0 Å². The van der Waals surface area contributed by atoms with Gasteiger partial charge in [-0.15, -0.1) is 0 Å². The van der Waals surface area contributed by atoms with Crippen molar-refractivity contribution in [1.29, 1.82) is 0 Å². The smallest absolute Gasteiger partial charge is 0.128 e. The summed E-state index contributed by atoms with van der Waals surface area (Å²) in [7, 11) is 0. The highest BCUT2D eigenvalue weighted by Gasteiger charge is 2.18. The SMILES string of the molecule is CC(C)(C)c1cccc(C=Nc2ccc(I)cc2)c1O. The van der Waals surface area contributed by atoms with Crippen LogP contribution in [0.15, 0.2) is 47.5 Å². The first kappa shape index (κ1) is 15.0. The number of hydrogen-bond donors (Lipinski definition) is 1. The second-order valence-electron chi connectivity index (χ2n) is 5.73. The van der Waals surface area contributed by atoms with Crippen LogP contribution in [-0.2, 0) is 5.41 Å². The van der Waals surface area contributed by atoms with Crippen LogP contribution in [0.2, 0.25) is 0 Å². The van der Waals surface area contributed by atoms with Crippen LogP contribution in [0.1, 0.15) is 31.9 Å². The largest absolute Gasteiger partial charge is 0.507 e. The number of hydrogen-bond acceptors (Lipinski definition) is 2.